The fraction of sp³-hybridized carbons (Fsp3) is 0.111. The molecule has 2 rings (SSSR count). The molecule has 2 aromatic carbocycles. The second kappa shape index (κ2) is 8.71. The fourth-order valence-electron chi connectivity index (χ4n) is 2.02. The summed E-state index contributed by atoms with van der Waals surface area (Å²) in [6, 6.07) is 7.64. The molecule has 0 radical (unpaired) electrons. The SMILES string of the molecule is O=C(O[C@@H](C(=O)O)[C@@H](OC(=O)c1ccc(F)cc1)C(=O)O)c1ccc(F)cc1. The highest BCUT2D eigenvalue weighted by Crippen LogP contribution is 2.14. The first-order valence-corrected chi connectivity index (χ1v) is 7.57. The van der Waals surface area contributed by atoms with Crippen molar-refractivity contribution in [2.75, 3.05) is 0 Å². The van der Waals surface area contributed by atoms with Crippen LogP contribution in [-0.4, -0.2) is 46.3 Å². The number of carbonyl (C=O) groups is 4. The minimum atomic E-state index is -2.39. The van der Waals surface area contributed by atoms with Crippen LogP contribution in [0, 0.1) is 11.6 Å². The molecule has 0 spiro atoms. The van der Waals surface area contributed by atoms with Crippen LogP contribution in [-0.2, 0) is 19.1 Å². The van der Waals surface area contributed by atoms with E-state index in [2.05, 4.69) is 9.47 Å². The molecule has 10 heteroatoms. The number of esters is 2. The minimum Gasteiger partial charge on any atom is -0.478 e. The second-order valence-corrected chi connectivity index (χ2v) is 5.34. The zero-order valence-corrected chi connectivity index (χ0v) is 13.9. The maximum Gasteiger partial charge on any atom is 0.349 e. The summed E-state index contributed by atoms with van der Waals surface area (Å²) >= 11 is 0. The average molecular weight is 394 g/mol. The Morgan fingerprint density at radius 2 is 0.929 bits per heavy atom. The monoisotopic (exact) mass is 394 g/mol. The second-order valence-electron chi connectivity index (χ2n) is 5.34. The van der Waals surface area contributed by atoms with E-state index >= 15 is 0 Å². The molecule has 146 valence electrons. The van der Waals surface area contributed by atoms with Gasteiger partial charge in [0.15, 0.2) is 0 Å². The molecule has 0 aliphatic rings. The lowest BCUT2D eigenvalue weighted by atomic mass is 10.1. The number of hydrogen-bond acceptors (Lipinski definition) is 6. The van der Waals surface area contributed by atoms with E-state index in [0.29, 0.717) is 0 Å². The van der Waals surface area contributed by atoms with Gasteiger partial charge in [-0.1, -0.05) is 0 Å². The van der Waals surface area contributed by atoms with Gasteiger partial charge in [-0.25, -0.2) is 28.0 Å². The van der Waals surface area contributed by atoms with E-state index in [9.17, 15) is 38.2 Å². The van der Waals surface area contributed by atoms with Gasteiger partial charge in [-0.2, -0.15) is 0 Å². The molecule has 0 aromatic heterocycles. The van der Waals surface area contributed by atoms with E-state index in [1.165, 1.54) is 0 Å². The quantitative estimate of drug-likeness (QED) is 0.682. The lowest BCUT2D eigenvalue weighted by Gasteiger charge is -2.21. The van der Waals surface area contributed by atoms with Gasteiger partial charge in [0.1, 0.15) is 11.6 Å². The molecule has 0 amide bonds. The molecule has 28 heavy (non-hydrogen) atoms. The molecule has 0 bridgehead atoms. The summed E-state index contributed by atoms with van der Waals surface area (Å²) < 4.78 is 35.1. The van der Waals surface area contributed by atoms with Crippen LogP contribution in [0.15, 0.2) is 48.5 Å². The highest BCUT2D eigenvalue weighted by Gasteiger charge is 2.41. The third-order valence-electron chi connectivity index (χ3n) is 3.39. The summed E-state index contributed by atoms with van der Waals surface area (Å²) in [7, 11) is 0. The van der Waals surface area contributed by atoms with E-state index in [1.807, 2.05) is 0 Å². The summed E-state index contributed by atoms with van der Waals surface area (Å²) in [4.78, 5) is 46.8. The Labute approximate surface area is 155 Å². The van der Waals surface area contributed by atoms with Gasteiger partial charge in [-0.3, -0.25) is 0 Å². The first-order valence-electron chi connectivity index (χ1n) is 7.57. The molecule has 0 saturated heterocycles. The summed E-state index contributed by atoms with van der Waals surface area (Å²) in [5.41, 5.74) is -0.497. The smallest absolute Gasteiger partial charge is 0.349 e. The number of carboxylic acids is 2. The van der Waals surface area contributed by atoms with Crippen LogP contribution in [0.2, 0.25) is 0 Å². The van der Waals surface area contributed by atoms with Crippen LogP contribution in [0.5, 0.6) is 0 Å². The standard InChI is InChI=1S/C18H12F2O8/c19-11-5-1-9(2-6-11)17(25)27-13(15(21)22)14(16(23)24)28-18(26)10-3-7-12(20)8-4-10/h1-8,13-14H,(H,21,22)(H,23,24)/t13-,14-/m1/s1. The van der Waals surface area contributed by atoms with Crippen LogP contribution in [0.25, 0.3) is 0 Å². The molecular formula is C18H12F2O8. The largest absolute Gasteiger partial charge is 0.478 e. The molecule has 2 atom stereocenters. The molecule has 0 aliphatic carbocycles. The van der Waals surface area contributed by atoms with Crippen molar-refractivity contribution >= 4 is 23.9 Å². The van der Waals surface area contributed by atoms with Crippen molar-refractivity contribution in [3.63, 3.8) is 0 Å². The Morgan fingerprint density at radius 3 is 1.18 bits per heavy atom. The van der Waals surface area contributed by atoms with Crippen molar-refractivity contribution in [1.82, 2.24) is 0 Å². The lowest BCUT2D eigenvalue weighted by Crippen LogP contribution is -2.45. The van der Waals surface area contributed by atoms with E-state index in [4.69, 9.17) is 0 Å². The zero-order valence-electron chi connectivity index (χ0n) is 13.9. The Kier molecular flexibility index (Phi) is 6.38. The zero-order chi connectivity index (χ0) is 20.8. The van der Waals surface area contributed by atoms with Crippen molar-refractivity contribution in [3.8, 4) is 0 Å². The number of ether oxygens (including phenoxy) is 2. The van der Waals surface area contributed by atoms with Gasteiger partial charge in [-0.05, 0) is 48.5 Å². The number of hydrogen-bond donors (Lipinski definition) is 2. The molecule has 0 heterocycles. The Hall–Kier alpha value is -3.82. The molecular weight excluding hydrogens is 382 g/mol. The summed E-state index contributed by atoms with van der Waals surface area (Å²) in [5.74, 6) is -7.65. The maximum atomic E-state index is 12.9. The Balaban J connectivity index is 2.21. The number of benzene rings is 2. The Morgan fingerprint density at radius 1 is 0.643 bits per heavy atom. The maximum absolute atomic E-state index is 12.9. The van der Waals surface area contributed by atoms with Gasteiger partial charge in [0.05, 0.1) is 11.1 Å². The molecule has 0 unspecified atom stereocenters. The van der Waals surface area contributed by atoms with Gasteiger partial charge >= 0.3 is 23.9 Å². The van der Waals surface area contributed by atoms with Crippen molar-refractivity contribution < 1.29 is 47.6 Å². The van der Waals surface area contributed by atoms with Gasteiger partial charge < -0.3 is 19.7 Å². The van der Waals surface area contributed by atoms with Gasteiger partial charge in [0.2, 0.25) is 12.2 Å². The van der Waals surface area contributed by atoms with E-state index < -0.39 is 47.7 Å². The molecule has 0 saturated carbocycles. The minimum absolute atomic E-state index is 0.248. The first-order chi connectivity index (χ1) is 13.2. The summed E-state index contributed by atoms with van der Waals surface area (Å²) in [6.45, 7) is 0. The van der Waals surface area contributed by atoms with Crippen molar-refractivity contribution in [1.29, 1.82) is 0 Å². The average Bonchev–Trinajstić information content (AvgIpc) is 2.64. The third-order valence-corrected chi connectivity index (χ3v) is 3.39. The molecule has 2 aromatic rings. The Bertz CT molecular complexity index is 817. The van der Waals surface area contributed by atoms with Crippen LogP contribution in [0.4, 0.5) is 8.78 Å². The predicted molar refractivity (Wildman–Crippen MR) is 86.5 cm³/mol. The van der Waals surface area contributed by atoms with Crippen molar-refractivity contribution in [2.45, 2.75) is 12.2 Å². The fourth-order valence-corrected chi connectivity index (χ4v) is 2.02. The van der Waals surface area contributed by atoms with Crippen molar-refractivity contribution in [2.24, 2.45) is 0 Å². The van der Waals surface area contributed by atoms with Crippen LogP contribution < -0.4 is 0 Å². The normalized spacial score (nSPS) is 12.5. The van der Waals surface area contributed by atoms with Crippen molar-refractivity contribution in [3.05, 3.63) is 71.3 Å². The van der Waals surface area contributed by atoms with Gasteiger partial charge in [0, 0.05) is 0 Å². The van der Waals surface area contributed by atoms with E-state index in [0.717, 1.165) is 48.5 Å². The summed E-state index contributed by atoms with van der Waals surface area (Å²) in [5, 5.41) is 18.4. The van der Waals surface area contributed by atoms with Crippen LogP contribution >= 0.6 is 0 Å². The first kappa shape index (κ1) is 20.5. The number of carboxylic acid groups (broad SMARTS) is 2. The molecule has 2 N–H and O–H groups in total. The van der Waals surface area contributed by atoms with Crippen LogP contribution in [0.1, 0.15) is 20.7 Å². The molecule has 0 fully saturated rings. The number of halogens is 2. The lowest BCUT2D eigenvalue weighted by molar-refractivity contribution is -0.166. The molecule has 0 aliphatic heterocycles. The highest BCUT2D eigenvalue weighted by atomic mass is 19.1. The topological polar surface area (TPSA) is 127 Å². The number of aliphatic carboxylic acids is 2. The van der Waals surface area contributed by atoms with E-state index in [1.54, 1.807) is 0 Å². The predicted octanol–water partition coefficient (Wildman–Crippen LogP) is 1.88. The third kappa shape index (κ3) is 5.10. The number of carbonyl (C=O) groups excluding carboxylic acids is 2. The number of rotatable bonds is 7. The highest BCUT2D eigenvalue weighted by molar-refractivity contribution is 5.95. The molecule has 8 nitrogen and oxygen atoms in total. The van der Waals surface area contributed by atoms with Gasteiger partial charge in [-0.15, -0.1) is 0 Å². The summed E-state index contributed by atoms with van der Waals surface area (Å²) in [6.07, 6.45) is -4.78. The van der Waals surface area contributed by atoms with Crippen LogP contribution in [0.3, 0.4) is 0 Å². The van der Waals surface area contributed by atoms with Gasteiger partial charge in [0.25, 0.3) is 0 Å². The van der Waals surface area contributed by atoms with E-state index in [-0.39, 0.29) is 11.1 Å².